The molecule has 134 valence electrons. The van der Waals surface area contributed by atoms with Crippen molar-refractivity contribution in [3.05, 3.63) is 51.7 Å². The van der Waals surface area contributed by atoms with Crippen molar-refractivity contribution in [2.45, 2.75) is 25.5 Å². The summed E-state index contributed by atoms with van der Waals surface area (Å²) in [5.41, 5.74) is 2.14. The number of nitrogens with zero attached hydrogens (tertiary/aromatic N) is 2. The Morgan fingerprint density at radius 2 is 1.96 bits per heavy atom. The van der Waals surface area contributed by atoms with E-state index < -0.39 is 0 Å². The van der Waals surface area contributed by atoms with E-state index >= 15 is 0 Å². The predicted octanol–water partition coefficient (Wildman–Crippen LogP) is 3.45. The number of thiophene rings is 1. The molecule has 0 unspecified atom stereocenters. The Labute approximate surface area is 159 Å². The van der Waals surface area contributed by atoms with Crippen molar-refractivity contribution in [1.82, 2.24) is 20.5 Å². The van der Waals surface area contributed by atoms with Crippen LogP contribution in [0, 0.1) is 6.92 Å². The second-order valence-electron chi connectivity index (χ2n) is 5.72. The van der Waals surface area contributed by atoms with Gasteiger partial charge < -0.3 is 5.32 Å². The number of rotatable bonds is 7. The van der Waals surface area contributed by atoms with E-state index in [0.717, 1.165) is 10.4 Å². The number of Topliss-reactive ketones (excluding diaryl/α,β-unsaturated/α-hetero) is 1. The molecule has 0 aliphatic rings. The lowest BCUT2D eigenvalue weighted by Crippen LogP contribution is -2.18. The van der Waals surface area contributed by atoms with E-state index in [1.54, 1.807) is 6.07 Å². The molecule has 1 aromatic carbocycles. The van der Waals surface area contributed by atoms with E-state index in [9.17, 15) is 9.59 Å². The van der Waals surface area contributed by atoms with Gasteiger partial charge in [-0.05, 0) is 19.1 Å². The van der Waals surface area contributed by atoms with Crippen molar-refractivity contribution in [3.63, 3.8) is 0 Å². The van der Waals surface area contributed by atoms with E-state index in [4.69, 9.17) is 0 Å². The van der Waals surface area contributed by atoms with Crippen LogP contribution in [0.5, 0.6) is 0 Å². The molecule has 2 heterocycles. The van der Waals surface area contributed by atoms with Crippen LogP contribution in [0.3, 0.4) is 0 Å². The number of carbonyl (C=O) groups is 2. The molecule has 0 aliphatic heterocycles. The molecule has 0 saturated heterocycles. The maximum absolute atomic E-state index is 12.3. The summed E-state index contributed by atoms with van der Waals surface area (Å²) in [7, 11) is 0. The van der Waals surface area contributed by atoms with E-state index in [-0.39, 0.29) is 17.4 Å². The van der Waals surface area contributed by atoms with Crippen molar-refractivity contribution in [2.24, 2.45) is 0 Å². The fourth-order valence-corrected chi connectivity index (χ4v) is 3.85. The van der Waals surface area contributed by atoms with Gasteiger partial charge in [0.1, 0.15) is 0 Å². The molecule has 2 N–H and O–H groups in total. The fraction of sp³-hybridized carbons (Fsp3) is 0.222. The molecule has 8 heteroatoms. The number of ketones is 1. The van der Waals surface area contributed by atoms with Crippen LogP contribution in [0.2, 0.25) is 0 Å². The van der Waals surface area contributed by atoms with Crippen LogP contribution < -0.4 is 5.32 Å². The average molecular weight is 387 g/mol. The highest BCUT2D eigenvalue weighted by Crippen LogP contribution is 2.22. The van der Waals surface area contributed by atoms with Crippen LogP contribution in [-0.4, -0.2) is 32.6 Å². The third kappa shape index (κ3) is 4.80. The van der Waals surface area contributed by atoms with Gasteiger partial charge in [-0.1, -0.05) is 41.6 Å². The first-order chi connectivity index (χ1) is 12.5. The molecule has 6 nitrogen and oxygen atoms in total. The highest BCUT2D eigenvalue weighted by molar-refractivity contribution is 7.99. The number of benzene rings is 1. The second-order valence-corrected chi connectivity index (χ2v) is 7.83. The minimum atomic E-state index is -0.0872. The molecule has 0 bridgehead atoms. The number of carbonyl (C=O) groups excluding carboxylic acids is 2. The first-order valence-electron chi connectivity index (χ1n) is 8.00. The first kappa shape index (κ1) is 18.3. The predicted molar refractivity (Wildman–Crippen MR) is 103 cm³/mol. The lowest BCUT2D eigenvalue weighted by molar-refractivity contribution is -0.119. The summed E-state index contributed by atoms with van der Waals surface area (Å²) in [6.07, 6.45) is 0. The Hall–Kier alpha value is -2.45. The van der Waals surface area contributed by atoms with E-state index in [0.29, 0.717) is 22.4 Å². The lowest BCUT2D eigenvalue weighted by atomic mass is 10.1. The third-order valence-electron chi connectivity index (χ3n) is 3.57. The zero-order valence-electron chi connectivity index (χ0n) is 14.4. The maximum Gasteiger partial charge on any atom is 0.217 e. The number of hydrogen-bond acceptors (Lipinski definition) is 6. The molecule has 0 aliphatic carbocycles. The quantitative estimate of drug-likeness (QED) is 0.480. The van der Waals surface area contributed by atoms with Gasteiger partial charge in [-0.15, -0.1) is 16.4 Å². The van der Waals surface area contributed by atoms with Crippen LogP contribution >= 0.6 is 23.1 Å². The minimum absolute atomic E-state index is 0.0239. The molecule has 0 fully saturated rings. The minimum Gasteiger partial charge on any atom is -0.351 e. The number of aromatic nitrogens is 3. The molecule has 1 amide bonds. The summed E-state index contributed by atoms with van der Waals surface area (Å²) in [6.45, 7) is 3.95. The van der Waals surface area contributed by atoms with E-state index in [1.807, 2.05) is 37.3 Å². The van der Waals surface area contributed by atoms with Gasteiger partial charge in [-0.2, -0.15) is 0 Å². The summed E-state index contributed by atoms with van der Waals surface area (Å²) in [4.78, 5) is 29.3. The summed E-state index contributed by atoms with van der Waals surface area (Å²) < 4.78 is 0. The van der Waals surface area contributed by atoms with Crippen LogP contribution in [0.25, 0.3) is 11.4 Å². The number of nitrogens with one attached hydrogen (secondary N) is 2. The van der Waals surface area contributed by atoms with Crippen molar-refractivity contribution >= 4 is 34.8 Å². The van der Waals surface area contributed by atoms with Gasteiger partial charge in [0.2, 0.25) is 11.1 Å². The molecule has 3 rings (SSSR count). The number of hydrogen-bond donors (Lipinski definition) is 2. The molecule has 3 aromatic rings. The van der Waals surface area contributed by atoms with Crippen molar-refractivity contribution in [1.29, 1.82) is 0 Å². The van der Waals surface area contributed by atoms with Crippen molar-refractivity contribution in [3.8, 4) is 11.4 Å². The van der Waals surface area contributed by atoms with Crippen LogP contribution in [0.15, 0.2) is 41.6 Å². The Balaban J connectivity index is 1.56. The van der Waals surface area contributed by atoms with Gasteiger partial charge in [0, 0.05) is 17.4 Å². The lowest BCUT2D eigenvalue weighted by Gasteiger charge is -1.98. The molecule has 0 atom stereocenters. The Bertz CT molecular complexity index is 915. The number of amides is 1. The molecule has 26 heavy (non-hydrogen) atoms. The maximum atomic E-state index is 12.3. The Morgan fingerprint density at radius 1 is 1.19 bits per heavy atom. The van der Waals surface area contributed by atoms with Gasteiger partial charge in [0.05, 0.1) is 17.2 Å². The largest absolute Gasteiger partial charge is 0.351 e. The van der Waals surface area contributed by atoms with E-state index in [2.05, 4.69) is 20.5 Å². The van der Waals surface area contributed by atoms with Crippen molar-refractivity contribution < 1.29 is 9.59 Å². The van der Waals surface area contributed by atoms with Gasteiger partial charge in [-0.3, -0.25) is 14.7 Å². The Morgan fingerprint density at radius 3 is 2.69 bits per heavy atom. The monoisotopic (exact) mass is 386 g/mol. The first-order valence-corrected chi connectivity index (χ1v) is 9.80. The highest BCUT2D eigenvalue weighted by atomic mass is 32.2. The van der Waals surface area contributed by atoms with E-state index in [1.165, 1.54) is 35.6 Å². The molecular weight excluding hydrogens is 368 g/mol. The molecular formula is C18H18N4O2S2. The van der Waals surface area contributed by atoms with Gasteiger partial charge in [0.25, 0.3) is 0 Å². The van der Waals surface area contributed by atoms with Gasteiger partial charge >= 0.3 is 0 Å². The Kier molecular flexibility index (Phi) is 5.85. The molecule has 0 saturated carbocycles. The summed E-state index contributed by atoms with van der Waals surface area (Å²) in [5, 5.41) is 10.3. The normalized spacial score (nSPS) is 10.7. The molecule has 2 aromatic heterocycles. The fourth-order valence-electron chi connectivity index (χ4n) is 2.19. The van der Waals surface area contributed by atoms with Crippen LogP contribution in [0.1, 0.15) is 27.0 Å². The highest BCUT2D eigenvalue weighted by Gasteiger charge is 2.13. The van der Waals surface area contributed by atoms with Gasteiger partial charge in [-0.25, -0.2) is 4.98 Å². The summed E-state index contributed by atoms with van der Waals surface area (Å²) >= 11 is 2.70. The SMILES string of the molecule is CC(=O)NCc1ccc(C(=O)CSc2n[nH]c(-c3ccc(C)cc3)n2)s1. The zero-order valence-corrected chi connectivity index (χ0v) is 16.0. The number of aryl methyl sites for hydroxylation is 1. The average Bonchev–Trinajstić information content (AvgIpc) is 3.28. The summed E-state index contributed by atoms with van der Waals surface area (Å²) in [5.74, 6) is 0.894. The second kappa shape index (κ2) is 8.29. The smallest absolute Gasteiger partial charge is 0.217 e. The number of aromatic amines is 1. The van der Waals surface area contributed by atoms with Crippen molar-refractivity contribution in [2.75, 3.05) is 5.75 Å². The molecule has 0 radical (unpaired) electrons. The standard InChI is InChI=1S/C18H18N4O2S2/c1-11-3-5-13(6-4-11)17-20-18(22-21-17)25-10-15(24)16-8-7-14(26-16)9-19-12(2)23/h3-8H,9-10H2,1-2H3,(H,19,23)(H,20,21,22). The topological polar surface area (TPSA) is 87.7 Å². The van der Waals surface area contributed by atoms with Crippen LogP contribution in [-0.2, 0) is 11.3 Å². The number of thioether (sulfide) groups is 1. The number of H-pyrrole nitrogens is 1. The van der Waals surface area contributed by atoms with Gasteiger partial charge in [0.15, 0.2) is 11.6 Å². The zero-order chi connectivity index (χ0) is 18.5. The molecule has 0 spiro atoms. The third-order valence-corrected chi connectivity index (χ3v) is 5.54. The van der Waals surface area contributed by atoms with Crippen LogP contribution in [0.4, 0.5) is 0 Å². The summed E-state index contributed by atoms with van der Waals surface area (Å²) in [6, 6.07) is 11.7.